The number of amides is 1. The summed E-state index contributed by atoms with van der Waals surface area (Å²) in [5, 5.41) is 19.9. The van der Waals surface area contributed by atoms with Crippen molar-refractivity contribution in [3.8, 4) is 5.75 Å². The Kier molecular flexibility index (Phi) is 8.04. The van der Waals surface area contributed by atoms with Gasteiger partial charge in [0, 0.05) is 11.3 Å². The van der Waals surface area contributed by atoms with Crippen LogP contribution in [0.2, 0.25) is 0 Å². The van der Waals surface area contributed by atoms with Crippen LogP contribution in [0.15, 0.2) is 88.8 Å². The third-order valence-electron chi connectivity index (χ3n) is 6.04. The number of ether oxygens (including phenoxy) is 1. The van der Waals surface area contributed by atoms with Gasteiger partial charge in [-0.15, -0.1) is 10.2 Å². The first-order valence-electron chi connectivity index (χ1n) is 12.3. The maximum atomic E-state index is 13.4. The summed E-state index contributed by atoms with van der Waals surface area (Å²) in [7, 11) is 0. The number of rotatable bonds is 9. The first-order chi connectivity index (χ1) is 19.0. The molecular formula is C29H24FN3O4S2. The average molecular weight is 562 g/mol. The summed E-state index contributed by atoms with van der Waals surface area (Å²) in [4.78, 5) is 28.0. The summed E-state index contributed by atoms with van der Waals surface area (Å²) < 4.78 is 19.5. The highest BCUT2D eigenvalue weighted by molar-refractivity contribution is 8.00. The second kappa shape index (κ2) is 11.8. The van der Waals surface area contributed by atoms with Gasteiger partial charge in [-0.3, -0.25) is 14.5 Å². The highest BCUT2D eigenvalue weighted by Gasteiger charge is 2.48. The summed E-state index contributed by atoms with van der Waals surface area (Å²) in [6.45, 7) is 2.58. The largest absolute Gasteiger partial charge is 0.507 e. The second-order valence-electron chi connectivity index (χ2n) is 8.72. The average Bonchev–Trinajstić information content (AvgIpc) is 3.54. The SMILES string of the molecule is CCCOc1ccc(C2/C(=C(/O)c3ccccc3)C(=O)C(=O)N2c2nnc(SCc3ccc(F)cc3)s2)cc1. The second-order valence-corrected chi connectivity index (χ2v) is 10.9. The molecule has 0 spiro atoms. The first-order valence-corrected chi connectivity index (χ1v) is 14.1. The quantitative estimate of drug-likeness (QED) is 0.0833. The number of ketones is 1. The smallest absolute Gasteiger partial charge is 0.301 e. The van der Waals surface area contributed by atoms with Crippen LogP contribution in [-0.4, -0.2) is 33.6 Å². The molecule has 1 amide bonds. The lowest BCUT2D eigenvalue weighted by Gasteiger charge is -2.22. The van der Waals surface area contributed by atoms with Gasteiger partial charge >= 0.3 is 5.91 Å². The zero-order valence-electron chi connectivity index (χ0n) is 20.9. The van der Waals surface area contributed by atoms with E-state index < -0.39 is 17.7 Å². The third kappa shape index (κ3) is 5.71. The Bertz CT molecular complexity index is 1510. The lowest BCUT2D eigenvalue weighted by atomic mass is 9.95. The van der Waals surface area contributed by atoms with Crippen LogP contribution in [0.3, 0.4) is 0 Å². The summed E-state index contributed by atoms with van der Waals surface area (Å²) in [6.07, 6.45) is 0.859. The molecule has 2 heterocycles. The number of carbonyl (C=O) groups is 2. The minimum atomic E-state index is -0.909. The van der Waals surface area contributed by atoms with Crippen LogP contribution in [0.5, 0.6) is 5.75 Å². The van der Waals surface area contributed by atoms with Gasteiger partial charge < -0.3 is 9.84 Å². The summed E-state index contributed by atoms with van der Waals surface area (Å²) >= 11 is 2.56. The molecule has 7 nitrogen and oxygen atoms in total. The Morgan fingerprint density at radius 1 is 1.03 bits per heavy atom. The van der Waals surface area contributed by atoms with Crippen molar-refractivity contribution in [2.24, 2.45) is 0 Å². The topological polar surface area (TPSA) is 92.6 Å². The summed E-state index contributed by atoms with van der Waals surface area (Å²) in [5.41, 5.74) is 1.93. The van der Waals surface area contributed by atoms with E-state index in [1.807, 2.05) is 6.92 Å². The van der Waals surface area contributed by atoms with Crippen molar-refractivity contribution in [1.82, 2.24) is 10.2 Å². The fourth-order valence-corrected chi connectivity index (χ4v) is 5.97. The minimum absolute atomic E-state index is 0.0239. The number of thioether (sulfide) groups is 1. The Morgan fingerprint density at radius 2 is 1.74 bits per heavy atom. The fourth-order valence-electron chi connectivity index (χ4n) is 4.15. The molecule has 1 aromatic heterocycles. The van der Waals surface area contributed by atoms with Crippen molar-refractivity contribution in [1.29, 1.82) is 0 Å². The molecule has 0 bridgehead atoms. The van der Waals surface area contributed by atoms with Gasteiger partial charge in [0.2, 0.25) is 5.13 Å². The number of hydrogen-bond acceptors (Lipinski definition) is 8. The molecule has 1 N–H and O–H groups in total. The van der Waals surface area contributed by atoms with E-state index in [1.165, 1.54) is 40.1 Å². The van der Waals surface area contributed by atoms with Gasteiger partial charge in [-0.1, -0.05) is 84.6 Å². The molecule has 39 heavy (non-hydrogen) atoms. The van der Waals surface area contributed by atoms with Crippen LogP contribution >= 0.6 is 23.1 Å². The van der Waals surface area contributed by atoms with Gasteiger partial charge in [-0.25, -0.2) is 4.39 Å². The maximum absolute atomic E-state index is 13.4. The van der Waals surface area contributed by atoms with Crippen molar-refractivity contribution in [2.45, 2.75) is 29.5 Å². The number of Topliss-reactive ketones (excluding diaryl/α,β-unsaturated/α-hetero) is 1. The maximum Gasteiger partial charge on any atom is 0.301 e. The number of aliphatic hydroxyl groups is 1. The number of anilines is 1. The normalized spacial score (nSPS) is 16.6. The molecule has 1 aliphatic heterocycles. The number of hydrogen-bond donors (Lipinski definition) is 1. The summed E-state index contributed by atoms with van der Waals surface area (Å²) in [5.74, 6) is -0.972. The molecule has 0 radical (unpaired) electrons. The van der Waals surface area contributed by atoms with Gasteiger partial charge in [-0.05, 0) is 41.8 Å². The van der Waals surface area contributed by atoms with Crippen LogP contribution in [0.25, 0.3) is 5.76 Å². The molecule has 1 saturated heterocycles. The van der Waals surface area contributed by atoms with Crippen LogP contribution in [0.4, 0.5) is 9.52 Å². The van der Waals surface area contributed by atoms with E-state index in [-0.39, 0.29) is 22.3 Å². The highest BCUT2D eigenvalue weighted by Crippen LogP contribution is 2.44. The minimum Gasteiger partial charge on any atom is -0.507 e. The molecular weight excluding hydrogens is 537 g/mol. The van der Waals surface area contributed by atoms with E-state index in [0.717, 1.165) is 12.0 Å². The standard InChI is InChI=1S/C29H24FN3O4S2/c1-2-16-37-22-14-10-19(11-15-22)24-23(25(34)20-6-4-3-5-7-20)26(35)27(36)33(24)28-31-32-29(39-28)38-17-18-8-12-21(30)13-9-18/h3-15,24,34H,2,16-17H2,1H3/b25-23-. The number of halogens is 1. The fraction of sp³-hybridized carbons (Fsp3) is 0.172. The molecule has 198 valence electrons. The molecule has 4 aromatic rings. The predicted octanol–water partition coefficient (Wildman–Crippen LogP) is 6.38. The predicted molar refractivity (Wildman–Crippen MR) is 149 cm³/mol. The Morgan fingerprint density at radius 3 is 2.44 bits per heavy atom. The number of benzene rings is 3. The third-order valence-corrected chi connectivity index (χ3v) is 8.16. The molecule has 5 rings (SSSR count). The Hall–Kier alpha value is -4.02. The molecule has 1 fully saturated rings. The lowest BCUT2D eigenvalue weighted by molar-refractivity contribution is -0.132. The van der Waals surface area contributed by atoms with Gasteiger partial charge in [0.05, 0.1) is 18.2 Å². The van der Waals surface area contributed by atoms with E-state index in [1.54, 1.807) is 66.7 Å². The van der Waals surface area contributed by atoms with E-state index in [0.29, 0.717) is 33.6 Å². The van der Waals surface area contributed by atoms with E-state index in [4.69, 9.17) is 4.74 Å². The molecule has 3 aromatic carbocycles. The highest BCUT2D eigenvalue weighted by atomic mass is 32.2. The van der Waals surface area contributed by atoms with Crippen molar-refractivity contribution in [2.75, 3.05) is 11.5 Å². The molecule has 1 aliphatic rings. The lowest BCUT2D eigenvalue weighted by Crippen LogP contribution is -2.29. The van der Waals surface area contributed by atoms with Gasteiger partial charge in [-0.2, -0.15) is 0 Å². The van der Waals surface area contributed by atoms with Gasteiger partial charge in [0.25, 0.3) is 5.78 Å². The van der Waals surface area contributed by atoms with Crippen molar-refractivity contribution < 1.29 is 23.8 Å². The van der Waals surface area contributed by atoms with Crippen LogP contribution in [0, 0.1) is 5.82 Å². The van der Waals surface area contributed by atoms with Gasteiger partial charge in [0.1, 0.15) is 17.3 Å². The van der Waals surface area contributed by atoms with E-state index in [9.17, 15) is 19.1 Å². The molecule has 10 heteroatoms. The Labute approximate surface area is 233 Å². The number of nitrogens with zero attached hydrogens (tertiary/aromatic N) is 3. The molecule has 0 saturated carbocycles. The number of aliphatic hydroxyl groups excluding tert-OH is 1. The van der Waals surface area contributed by atoms with Crippen LogP contribution in [-0.2, 0) is 15.3 Å². The summed E-state index contributed by atoms with van der Waals surface area (Å²) in [6, 6.07) is 21.0. The molecule has 1 atom stereocenters. The van der Waals surface area contributed by atoms with Gasteiger partial charge in [0.15, 0.2) is 4.34 Å². The van der Waals surface area contributed by atoms with Crippen LogP contribution in [0.1, 0.15) is 36.1 Å². The zero-order chi connectivity index (χ0) is 27.4. The zero-order valence-corrected chi connectivity index (χ0v) is 22.5. The number of carbonyl (C=O) groups excluding carboxylic acids is 2. The van der Waals surface area contributed by atoms with Crippen molar-refractivity contribution in [3.63, 3.8) is 0 Å². The Balaban J connectivity index is 1.51. The molecule has 0 aliphatic carbocycles. The number of aromatic nitrogens is 2. The van der Waals surface area contributed by atoms with Crippen LogP contribution < -0.4 is 9.64 Å². The molecule has 1 unspecified atom stereocenters. The van der Waals surface area contributed by atoms with Crippen molar-refractivity contribution >= 4 is 45.7 Å². The first kappa shape index (κ1) is 26.6. The van der Waals surface area contributed by atoms with Crippen molar-refractivity contribution in [3.05, 3.63) is 107 Å². The van der Waals surface area contributed by atoms with E-state index in [2.05, 4.69) is 10.2 Å². The monoisotopic (exact) mass is 561 g/mol. The van der Waals surface area contributed by atoms with E-state index >= 15 is 0 Å².